The third-order valence-electron chi connectivity index (χ3n) is 3.40. The zero-order valence-corrected chi connectivity index (χ0v) is 13.2. The molecule has 0 aliphatic rings. The Balaban J connectivity index is 2.36. The monoisotopic (exact) mass is 270 g/mol. The molecule has 1 heteroatoms. The van der Waals surface area contributed by atoms with Crippen LogP contribution in [-0.2, 0) is 6.16 Å². The summed E-state index contributed by atoms with van der Waals surface area (Å²) in [6.07, 6.45) is 1.17. The van der Waals surface area contributed by atoms with Crippen LogP contribution in [0.1, 0.15) is 31.9 Å². The lowest BCUT2D eigenvalue weighted by atomic mass is 10.2. The summed E-state index contributed by atoms with van der Waals surface area (Å²) in [6.45, 7) is 9.34. The SMILES string of the molecule is Cc1ccccc1[P@](Cc1ccccc1)C(C)(C)C. The van der Waals surface area contributed by atoms with Gasteiger partial charge in [0, 0.05) is 0 Å². The van der Waals surface area contributed by atoms with E-state index in [2.05, 4.69) is 82.3 Å². The van der Waals surface area contributed by atoms with Crippen molar-refractivity contribution in [3.05, 3.63) is 65.7 Å². The maximum Gasteiger partial charge on any atom is -0.00280 e. The Kier molecular flexibility index (Phi) is 4.42. The molecular weight excluding hydrogens is 247 g/mol. The maximum absolute atomic E-state index is 2.37. The van der Waals surface area contributed by atoms with E-state index in [1.165, 1.54) is 17.3 Å². The first-order valence-corrected chi connectivity index (χ1v) is 8.38. The van der Waals surface area contributed by atoms with Gasteiger partial charge in [-0.15, -0.1) is 0 Å². The summed E-state index contributed by atoms with van der Waals surface area (Å²) >= 11 is 0. The number of aryl methyl sites for hydroxylation is 1. The smallest absolute Gasteiger partial charge is 0.00280 e. The molecule has 0 bridgehead atoms. The Hall–Kier alpha value is -1.13. The molecule has 1 atom stereocenters. The van der Waals surface area contributed by atoms with Crippen molar-refractivity contribution in [1.29, 1.82) is 0 Å². The Bertz CT molecular complexity index is 523. The molecule has 0 aliphatic heterocycles. The maximum atomic E-state index is 2.37. The van der Waals surface area contributed by atoms with Crippen LogP contribution in [0.3, 0.4) is 0 Å². The number of hydrogen-bond donors (Lipinski definition) is 0. The summed E-state index contributed by atoms with van der Waals surface area (Å²) in [5.74, 6) is 0. The largest absolute Gasteiger partial charge is 0.0650 e. The number of hydrogen-bond acceptors (Lipinski definition) is 0. The van der Waals surface area contributed by atoms with Gasteiger partial charge in [-0.3, -0.25) is 0 Å². The van der Waals surface area contributed by atoms with Gasteiger partial charge in [-0.05, 0) is 34.7 Å². The fourth-order valence-corrected chi connectivity index (χ4v) is 5.03. The van der Waals surface area contributed by atoms with Gasteiger partial charge in [0.05, 0.1) is 0 Å². The van der Waals surface area contributed by atoms with Gasteiger partial charge < -0.3 is 0 Å². The van der Waals surface area contributed by atoms with Crippen LogP contribution in [0.25, 0.3) is 0 Å². The molecule has 0 nitrogen and oxygen atoms in total. The highest BCUT2D eigenvalue weighted by atomic mass is 31.1. The summed E-state index contributed by atoms with van der Waals surface area (Å²) in [6, 6.07) is 19.7. The topological polar surface area (TPSA) is 0 Å². The van der Waals surface area contributed by atoms with Gasteiger partial charge in [-0.1, -0.05) is 83.3 Å². The fraction of sp³-hybridized carbons (Fsp3) is 0.333. The normalized spacial score (nSPS) is 13.3. The summed E-state index contributed by atoms with van der Waals surface area (Å²) in [5.41, 5.74) is 2.88. The molecular formula is C18H23P. The second kappa shape index (κ2) is 5.88. The van der Waals surface area contributed by atoms with Crippen LogP contribution in [0.15, 0.2) is 54.6 Å². The molecule has 0 N–H and O–H groups in total. The third kappa shape index (κ3) is 3.67. The summed E-state index contributed by atoms with van der Waals surface area (Å²) in [4.78, 5) is 0. The van der Waals surface area contributed by atoms with Crippen molar-refractivity contribution in [2.45, 2.75) is 39.0 Å². The van der Waals surface area contributed by atoms with Crippen molar-refractivity contribution in [2.75, 3.05) is 0 Å². The van der Waals surface area contributed by atoms with Gasteiger partial charge in [0.2, 0.25) is 0 Å². The van der Waals surface area contributed by atoms with E-state index in [1.54, 1.807) is 5.30 Å². The highest BCUT2D eigenvalue weighted by Crippen LogP contribution is 2.51. The lowest BCUT2D eigenvalue weighted by Gasteiger charge is -2.33. The lowest BCUT2D eigenvalue weighted by Crippen LogP contribution is -2.22. The van der Waals surface area contributed by atoms with Gasteiger partial charge in [0.15, 0.2) is 0 Å². The lowest BCUT2D eigenvalue weighted by molar-refractivity contribution is 0.785. The summed E-state index contributed by atoms with van der Waals surface area (Å²) in [5, 5.41) is 1.88. The van der Waals surface area contributed by atoms with Crippen LogP contribution in [0.2, 0.25) is 0 Å². The van der Waals surface area contributed by atoms with Crippen LogP contribution in [0.5, 0.6) is 0 Å². The molecule has 0 fully saturated rings. The van der Waals surface area contributed by atoms with E-state index in [0.29, 0.717) is 5.16 Å². The van der Waals surface area contributed by atoms with Crippen LogP contribution in [0.4, 0.5) is 0 Å². The van der Waals surface area contributed by atoms with E-state index >= 15 is 0 Å². The van der Waals surface area contributed by atoms with E-state index in [0.717, 1.165) is 0 Å². The van der Waals surface area contributed by atoms with Gasteiger partial charge in [-0.25, -0.2) is 0 Å². The molecule has 0 aromatic heterocycles. The molecule has 0 aliphatic carbocycles. The Morgan fingerprint density at radius 2 is 1.42 bits per heavy atom. The predicted molar refractivity (Wildman–Crippen MR) is 87.6 cm³/mol. The zero-order chi connectivity index (χ0) is 13.9. The van der Waals surface area contributed by atoms with E-state index in [4.69, 9.17) is 0 Å². The van der Waals surface area contributed by atoms with Crippen LogP contribution >= 0.6 is 7.92 Å². The second-order valence-corrected chi connectivity index (χ2v) is 9.02. The van der Waals surface area contributed by atoms with Crippen molar-refractivity contribution in [3.8, 4) is 0 Å². The van der Waals surface area contributed by atoms with Crippen molar-refractivity contribution in [3.63, 3.8) is 0 Å². The van der Waals surface area contributed by atoms with Crippen molar-refractivity contribution >= 4 is 13.2 Å². The van der Waals surface area contributed by atoms with Crippen LogP contribution in [-0.4, -0.2) is 5.16 Å². The molecule has 100 valence electrons. The Morgan fingerprint density at radius 1 is 0.842 bits per heavy atom. The average Bonchev–Trinajstić information content (AvgIpc) is 2.37. The van der Waals surface area contributed by atoms with Gasteiger partial charge >= 0.3 is 0 Å². The van der Waals surface area contributed by atoms with Gasteiger partial charge in [0.1, 0.15) is 0 Å². The van der Waals surface area contributed by atoms with E-state index in [-0.39, 0.29) is 7.92 Å². The minimum absolute atomic E-state index is 0.194. The minimum atomic E-state index is -0.194. The first-order valence-electron chi connectivity index (χ1n) is 6.86. The molecule has 0 amide bonds. The molecule has 0 spiro atoms. The molecule has 0 heterocycles. The number of rotatable bonds is 3. The third-order valence-corrected chi connectivity index (χ3v) is 6.78. The molecule has 2 rings (SSSR count). The molecule has 0 saturated carbocycles. The molecule has 2 aromatic carbocycles. The minimum Gasteiger partial charge on any atom is -0.0650 e. The molecule has 0 radical (unpaired) electrons. The number of benzene rings is 2. The highest BCUT2D eigenvalue weighted by Gasteiger charge is 2.26. The van der Waals surface area contributed by atoms with E-state index < -0.39 is 0 Å². The molecule has 2 aromatic rings. The highest BCUT2D eigenvalue weighted by molar-refractivity contribution is 7.66. The van der Waals surface area contributed by atoms with Crippen molar-refractivity contribution in [2.24, 2.45) is 0 Å². The van der Waals surface area contributed by atoms with Crippen molar-refractivity contribution < 1.29 is 0 Å². The zero-order valence-electron chi connectivity index (χ0n) is 12.4. The first kappa shape index (κ1) is 14.3. The second-order valence-electron chi connectivity index (χ2n) is 6.03. The van der Waals surface area contributed by atoms with Gasteiger partial charge in [0.25, 0.3) is 0 Å². The van der Waals surface area contributed by atoms with Crippen LogP contribution in [0, 0.1) is 6.92 Å². The molecule has 0 saturated heterocycles. The van der Waals surface area contributed by atoms with Crippen LogP contribution < -0.4 is 5.30 Å². The molecule has 0 unspecified atom stereocenters. The van der Waals surface area contributed by atoms with E-state index in [1.807, 2.05) is 0 Å². The van der Waals surface area contributed by atoms with Gasteiger partial charge in [-0.2, -0.15) is 0 Å². The Morgan fingerprint density at radius 3 is 2.00 bits per heavy atom. The predicted octanol–water partition coefficient (Wildman–Crippen LogP) is 5.10. The quantitative estimate of drug-likeness (QED) is 0.681. The van der Waals surface area contributed by atoms with E-state index in [9.17, 15) is 0 Å². The Labute approximate surface area is 118 Å². The standard InChI is InChI=1S/C18H23P/c1-15-10-8-9-13-17(15)19(18(2,3)4)14-16-11-6-5-7-12-16/h5-13H,14H2,1-4H3/t19-/m0/s1. The summed E-state index contributed by atoms with van der Waals surface area (Å²) in [7, 11) is -0.194. The molecule has 19 heavy (non-hydrogen) atoms. The first-order chi connectivity index (χ1) is 8.98. The average molecular weight is 270 g/mol. The van der Waals surface area contributed by atoms with Crippen molar-refractivity contribution in [1.82, 2.24) is 0 Å². The fourth-order valence-electron chi connectivity index (χ4n) is 2.32. The summed E-state index contributed by atoms with van der Waals surface area (Å²) < 4.78 is 0.